The first-order chi connectivity index (χ1) is 19.4. The molecule has 0 saturated heterocycles. The number of nitrogens with one attached hydrogen (secondary N) is 3. The summed E-state index contributed by atoms with van der Waals surface area (Å²) in [5, 5.41) is 6.78. The van der Waals surface area contributed by atoms with E-state index in [0.717, 1.165) is 0 Å². The van der Waals surface area contributed by atoms with Crippen LogP contribution in [0.3, 0.4) is 0 Å². The zero-order chi connectivity index (χ0) is 31.0. The summed E-state index contributed by atoms with van der Waals surface area (Å²) < 4.78 is 118. The molecule has 8 nitrogen and oxygen atoms in total. The number of carbonyl (C=O) groups is 2. The first kappa shape index (κ1) is 31.4. The lowest BCUT2D eigenvalue weighted by Crippen LogP contribution is -2.47. The fourth-order valence-electron chi connectivity index (χ4n) is 4.37. The highest BCUT2D eigenvalue weighted by Crippen LogP contribution is 2.40. The minimum Gasteiger partial charge on any atom is -0.369 e. The van der Waals surface area contributed by atoms with Gasteiger partial charge in [0.25, 0.3) is 0 Å². The van der Waals surface area contributed by atoms with E-state index in [0.29, 0.717) is 35.1 Å². The summed E-state index contributed by atoms with van der Waals surface area (Å²) >= 11 is 6.23. The van der Waals surface area contributed by atoms with Crippen LogP contribution in [-0.4, -0.2) is 58.2 Å². The van der Waals surface area contributed by atoms with Crippen LogP contribution in [0, 0.1) is 5.92 Å². The van der Waals surface area contributed by atoms with Gasteiger partial charge in [0.15, 0.2) is 0 Å². The molecule has 0 unspecified atom stereocenters. The summed E-state index contributed by atoms with van der Waals surface area (Å²) in [7, 11) is 0. The summed E-state index contributed by atoms with van der Waals surface area (Å²) in [6, 6.07) is 0.732. The van der Waals surface area contributed by atoms with Gasteiger partial charge in [-0.3, -0.25) is 9.59 Å². The number of carbonyl (C=O) groups excluding carboxylic acids is 2. The Morgan fingerprint density at radius 1 is 1.05 bits per heavy atom. The van der Waals surface area contributed by atoms with Crippen molar-refractivity contribution in [2.45, 2.75) is 56.8 Å². The summed E-state index contributed by atoms with van der Waals surface area (Å²) in [6.45, 7) is -1.06. The van der Waals surface area contributed by atoms with Gasteiger partial charge in [0.05, 0.1) is 10.7 Å². The molecule has 1 aliphatic heterocycles. The van der Waals surface area contributed by atoms with Crippen LogP contribution in [-0.2, 0) is 28.7 Å². The standard InChI is InChI=1S/C24H22ClF9N6O2/c25-15-7-13-10-40(20(42)24(32,33)34)6-4-12(13)8-16(15)37-21-36-9-14(22(26,27)28)19(39-21)35-5-3-17(41)38-18(11-1-2-11)23(29,30)31/h7-9,11,18H,1-6,10H2,(H,38,41)(H2,35,36,37,39)/t18-/m0/s1. The number of benzene rings is 1. The third-order valence-corrected chi connectivity index (χ3v) is 6.89. The second-order valence-electron chi connectivity index (χ2n) is 9.75. The molecule has 0 bridgehead atoms. The molecule has 2 amide bonds. The van der Waals surface area contributed by atoms with E-state index in [1.54, 1.807) is 0 Å². The van der Waals surface area contributed by atoms with Crippen LogP contribution in [0.15, 0.2) is 18.3 Å². The molecule has 1 aromatic carbocycles. The van der Waals surface area contributed by atoms with E-state index in [-0.39, 0.29) is 36.2 Å². The van der Waals surface area contributed by atoms with Crippen LogP contribution in [0.4, 0.5) is 57.0 Å². The van der Waals surface area contributed by atoms with Crippen molar-refractivity contribution in [3.8, 4) is 0 Å². The van der Waals surface area contributed by atoms with Gasteiger partial charge in [-0.25, -0.2) is 4.98 Å². The molecule has 3 N–H and O–H groups in total. The quantitative estimate of drug-likeness (QED) is 0.328. The molecule has 2 heterocycles. The average Bonchev–Trinajstić information content (AvgIpc) is 3.70. The number of alkyl halides is 9. The van der Waals surface area contributed by atoms with Crippen LogP contribution in [0.25, 0.3) is 0 Å². The summed E-state index contributed by atoms with van der Waals surface area (Å²) in [4.78, 5) is 31.7. The number of hydrogen-bond donors (Lipinski definition) is 3. The van der Waals surface area contributed by atoms with Crippen LogP contribution in [0.5, 0.6) is 0 Å². The Morgan fingerprint density at radius 3 is 2.33 bits per heavy atom. The number of halogens is 10. The predicted octanol–water partition coefficient (Wildman–Crippen LogP) is 5.60. The summed E-state index contributed by atoms with van der Waals surface area (Å²) in [5.41, 5.74) is -0.300. The van der Waals surface area contributed by atoms with Crippen molar-refractivity contribution in [3.05, 3.63) is 40.0 Å². The number of nitrogens with zero attached hydrogens (tertiary/aromatic N) is 3. The number of amides is 2. The molecule has 1 atom stereocenters. The van der Waals surface area contributed by atoms with Crippen molar-refractivity contribution in [2.75, 3.05) is 23.7 Å². The maximum Gasteiger partial charge on any atom is 0.471 e. The van der Waals surface area contributed by atoms with E-state index in [9.17, 15) is 49.1 Å². The minimum absolute atomic E-state index is 0.0420. The van der Waals surface area contributed by atoms with Crippen LogP contribution in [0.1, 0.15) is 36.0 Å². The largest absolute Gasteiger partial charge is 0.471 e. The molecule has 1 aliphatic carbocycles. The Kier molecular flexibility index (Phi) is 8.72. The van der Waals surface area contributed by atoms with Gasteiger partial charge in [0, 0.05) is 32.3 Å². The molecule has 1 fully saturated rings. The lowest BCUT2D eigenvalue weighted by Gasteiger charge is -2.30. The second-order valence-corrected chi connectivity index (χ2v) is 10.2. The first-order valence-corrected chi connectivity index (χ1v) is 12.8. The average molecular weight is 633 g/mol. The molecule has 0 radical (unpaired) electrons. The third kappa shape index (κ3) is 7.66. The molecule has 1 aromatic heterocycles. The molecular formula is C24H22ClF9N6O2. The molecule has 1 saturated carbocycles. The number of aromatic nitrogens is 2. The van der Waals surface area contributed by atoms with Gasteiger partial charge in [0.1, 0.15) is 17.4 Å². The fourth-order valence-corrected chi connectivity index (χ4v) is 4.60. The maximum atomic E-state index is 13.5. The Balaban J connectivity index is 1.45. The van der Waals surface area contributed by atoms with Gasteiger partial charge in [-0.2, -0.15) is 44.5 Å². The lowest BCUT2D eigenvalue weighted by molar-refractivity contribution is -0.186. The topological polar surface area (TPSA) is 99.3 Å². The minimum atomic E-state index is -5.04. The van der Waals surface area contributed by atoms with Crippen molar-refractivity contribution in [1.82, 2.24) is 20.2 Å². The Bertz CT molecular complexity index is 1350. The van der Waals surface area contributed by atoms with Crippen LogP contribution >= 0.6 is 11.6 Å². The van der Waals surface area contributed by atoms with E-state index in [2.05, 4.69) is 20.6 Å². The van der Waals surface area contributed by atoms with Crippen molar-refractivity contribution in [2.24, 2.45) is 5.92 Å². The van der Waals surface area contributed by atoms with Gasteiger partial charge >= 0.3 is 24.4 Å². The Morgan fingerprint density at radius 2 is 1.74 bits per heavy atom. The molecule has 2 aromatic rings. The molecule has 2 aliphatic rings. The summed E-state index contributed by atoms with van der Waals surface area (Å²) in [6.07, 6.45) is -14.1. The van der Waals surface area contributed by atoms with Crippen molar-refractivity contribution < 1.29 is 49.1 Å². The fraction of sp³-hybridized carbons (Fsp3) is 0.500. The van der Waals surface area contributed by atoms with Crippen molar-refractivity contribution in [3.63, 3.8) is 0 Å². The van der Waals surface area contributed by atoms with Gasteiger partial charge < -0.3 is 20.9 Å². The molecule has 18 heteroatoms. The van der Waals surface area contributed by atoms with Crippen molar-refractivity contribution in [1.29, 1.82) is 0 Å². The smallest absolute Gasteiger partial charge is 0.369 e. The molecule has 4 rings (SSSR count). The maximum absolute atomic E-state index is 13.5. The lowest BCUT2D eigenvalue weighted by atomic mass is 9.99. The zero-order valence-corrected chi connectivity index (χ0v) is 22.0. The van der Waals surface area contributed by atoms with E-state index in [4.69, 9.17) is 11.6 Å². The molecule has 42 heavy (non-hydrogen) atoms. The normalized spacial score (nSPS) is 16.5. The highest BCUT2D eigenvalue weighted by atomic mass is 35.5. The van der Waals surface area contributed by atoms with Gasteiger partial charge in [-0.1, -0.05) is 11.6 Å². The van der Waals surface area contributed by atoms with Crippen LogP contribution in [0.2, 0.25) is 5.02 Å². The third-order valence-electron chi connectivity index (χ3n) is 6.58. The van der Waals surface area contributed by atoms with Gasteiger partial charge in [0.2, 0.25) is 11.9 Å². The molecule has 0 spiro atoms. The Hall–Kier alpha value is -3.50. The van der Waals surface area contributed by atoms with Gasteiger partial charge in [-0.15, -0.1) is 0 Å². The zero-order valence-electron chi connectivity index (χ0n) is 21.3. The van der Waals surface area contributed by atoms with E-state index < -0.39 is 66.6 Å². The monoisotopic (exact) mass is 632 g/mol. The van der Waals surface area contributed by atoms with E-state index >= 15 is 0 Å². The SMILES string of the molecule is O=C(CCNc1nc(Nc2cc3c(cc2Cl)CN(C(=O)C(F)(F)F)CC3)ncc1C(F)(F)F)N[C@@H](C1CC1)C(F)(F)F. The van der Waals surface area contributed by atoms with E-state index in [1.165, 1.54) is 12.1 Å². The summed E-state index contributed by atoms with van der Waals surface area (Å²) in [5.74, 6) is -4.85. The Labute approximate surface area is 237 Å². The highest BCUT2D eigenvalue weighted by Gasteiger charge is 2.49. The van der Waals surface area contributed by atoms with Crippen molar-refractivity contribution >= 4 is 40.9 Å². The highest BCUT2D eigenvalue weighted by molar-refractivity contribution is 6.33. The van der Waals surface area contributed by atoms with Crippen LogP contribution < -0.4 is 16.0 Å². The predicted molar refractivity (Wildman–Crippen MR) is 131 cm³/mol. The second kappa shape index (κ2) is 11.6. The molecular weight excluding hydrogens is 611 g/mol. The first-order valence-electron chi connectivity index (χ1n) is 12.4. The number of rotatable bonds is 8. The number of anilines is 3. The van der Waals surface area contributed by atoms with E-state index in [1.807, 2.05) is 5.32 Å². The molecule has 230 valence electrons. The number of fused-ring (bicyclic) bond motifs is 1. The van der Waals surface area contributed by atoms with Gasteiger partial charge in [-0.05, 0) is 48.4 Å². The number of hydrogen-bond acceptors (Lipinski definition) is 6.